The van der Waals surface area contributed by atoms with Crippen molar-refractivity contribution in [1.29, 1.82) is 0 Å². The van der Waals surface area contributed by atoms with Crippen LogP contribution in [-0.2, 0) is 19.1 Å². The molecule has 2 bridgehead atoms. The second-order valence-corrected chi connectivity index (χ2v) is 13.3. The molecule has 5 aliphatic rings. The predicted octanol–water partition coefficient (Wildman–Crippen LogP) is 2.81. The summed E-state index contributed by atoms with van der Waals surface area (Å²) in [6, 6.07) is 6.93. The summed E-state index contributed by atoms with van der Waals surface area (Å²) in [4.78, 5) is 60.1. The quantitative estimate of drug-likeness (QED) is 0.581. The molecular weight excluding hydrogens is 534 g/mol. The van der Waals surface area contributed by atoms with Gasteiger partial charge in [0.15, 0.2) is 0 Å². The van der Waals surface area contributed by atoms with Gasteiger partial charge < -0.3 is 14.6 Å². The number of hydrogen-bond donors (Lipinski definition) is 1. The molecule has 2 saturated carbocycles. The summed E-state index contributed by atoms with van der Waals surface area (Å²) in [5, 5.41) is 1.64. The fourth-order valence-electron chi connectivity index (χ4n) is 7.62. The number of amides is 3. The van der Waals surface area contributed by atoms with Crippen molar-refractivity contribution in [2.75, 3.05) is 26.3 Å². The fourth-order valence-corrected chi connectivity index (χ4v) is 10.6. The number of benzene rings is 1. The van der Waals surface area contributed by atoms with E-state index in [-0.39, 0.29) is 51.5 Å². The molecule has 4 fully saturated rings. The molecule has 3 amide bonds. The van der Waals surface area contributed by atoms with Gasteiger partial charge in [0, 0.05) is 34.2 Å². The summed E-state index contributed by atoms with van der Waals surface area (Å²) in [7, 11) is 0. The maximum absolute atomic E-state index is 13.9. The van der Waals surface area contributed by atoms with E-state index in [1.54, 1.807) is 23.6 Å². The highest BCUT2D eigenvalue weighted by Crippen LogP contribution is 2.68. The Balaban J connectivity index is 1.24. The molecule has 1 aromatic heterocycles. The molecule has 11 heteroatoms. The van der Waals surface area contributed by atoms with Crippen molar-refractivity contribution in [1.82, 2.24) is 14.8 Å². The average molecular weight is 560 g/mol. The number of ether oxygens (including phenoxy) is 1. The number of carbonyl (C=O) groups excluding carboxylic acids is 3. The normalized spacial score (nSPS) is 34.9. The van der Waals surface area contributed by atoms with Crippen LogP contribution in [-0.4, -0.2) is 70.1 Å². The van der Waals surface area contributed by atoms with Crippen molar-refractivity contribution >= 4 is 52.4 Å². The lowest BCUT2D eigenvalue weighted by atomic mass is 9.68. The predicted molar refractivity (Wildman–Crippen MR) is 139 cm³/mol. The minimum atomic E-state index is -0.817. The van der Waals surface area contributed by atoms with Gasteiger partial charge in [-0.25, -0.2) is 0 Å². The van der Waals surface area contributed by atoms with Crippen LogP contribution in [0.25, 0.3) is 0 Å². The van der Waals surface area contributed by atoms with Crippen LogP contribution >= 0.6 is 34.7 Å². The topological polar surface area (TPSA) is 99.8 Å². The number of nitrogens with one attached hydrogen (secondary N) is 1. The molecule has 0 spiro atoms. The third-order valence-electron chi connectivity index (χ3n) is 9.05. The highest BCUT2D eigenvalue weighted by Gasteiger charge is 2.70. The average Bonchev–Trinajstić information content (AvgIpc) is 3.63. The van der Waals surface area contributed by atoms with Gasteiger partial charge in [-0.15, -0.1) is 11.8 Å². The van der Waals surface area contributed by atoms with E-state index >= 15 is 0 Å². The molecule has 194 valence electrons. The van der Waals surface area contributed by atoms with Crippen molar-refractivity contribution in [3.8, 4) is 0 Å². The lowest BCUT2D eigenvalue weighted by Gasteiger charge is -2.43. The van der Waals surface area contributed by atoms with Crippen molar-refractivity contribution in [2.45, 2.75) is 35.6 Å². The zero-order valence-corrected chi connectivity index (χ0v) is 22.5. The number of imide groups is 1. The fraction of sp³-hybridized carbons (Fsp3) is 0.538. The van der Waals surface area contributed by atoms with E-state index < -0.39 is 17.9 Å². The molecule has 8 unspecified atom stereocenters. The van der Waals surface area contributed by atoms with Gasteiger partial charge in [0.25, 0.3) is 0 Å². The third-order valence-corrected chi connectivity index (χ3v) is 11.9. The maximum atomic E-state index is 13.9. The largest absolute Gasteiger partial charge is 0.378 e. The molecule has 7 rings (SSSR count). The van der Waals surface area contributed by atoms with Crippen LogP contribution in [0.1, 0.15) is 29.7 Å². The lowest BCUT2D eigenvalue weighted by molar-refractivity contribution is -0.153. The smallest absolute Gasteiger partial charge is 0.305 e. The third kappa shape index (κ3) is 3.45. The highest BCUT2D eigenvalue weighted by molar-refractivity contribution is 8.00. The molecule has 2 saturated heterocycles. The maximum Gasteiger partial charge on any atom is 0.305 e. The summed E-state index contributed by atoms with van der Waals surface area (Å²) < 4.78 is 5.36. The van der Waals surface area contributed by atoms with E-state index in [9.17, 15) is 19.2 Å². The number of rotatable bonds is 3. The Morgan fingerprint density at radius 1 is 1.08 bits per heavy atom. The Hall–Kier alpha value is -2.14. The van der Waals surface area contributed by atoms with Crippen molar-refractivity contribution in [3.63, 3.8) is 0 Å². The number of fused-ring (bicyclic) bond motifs is 9. The molecule has 2 aliphatic carbocycles. The van der Waals surface area contributed by atoms with Gasteiger partial charge in [-0.3, -0.25) is 24.1 Å². The number of halogens is 1. The van der Waals surface area contributed by atoms with E-state index in [4.69, 9.17) is 16.3 Å². The van der Waals surface area contributed by atoms with Crippen LogP contribution in [0.5, 0.6) is 0 Å². The van der Waals surface area contributed by atoms with Crippen molar-refractivity contribution in [3.05, 3.63) is 49.4 Å². The highest BCUT2D eigenvalue weighted by atomic mass is 35.5. The van der Waals surface area contributed by atoms with E-state index in [0.29, 0.717) is 31.3 Å². The Labute approximate surface area is 226 Å². The Morgan fingerprint density at radius 3 is 2.46 bits per heavy atom. The molecule has 0 radical (unpaired) electrons. The Bertz CT molecular complexity index is 1350. The van der Waals surface area contributed by atoms with Crippen LogP contribution in [0, 0.1) is 29.6 Å². The van der Waals surface area contributed by atoms with Gasteiger partial charge in [0.1, 0.15) is 6.04 Å². The number of H-pyrrole nitrogens is 1. The summed E-state index contributed by atoms with van der Waals surface area (Å²) in [6.07, 6.45) is 0.818. The lowest BCUT2D eigenvalue weighted by Crippen LogP contribution is -2.52. The minimum absolute atomic E-state index is 0.0191. The molecule has 1 N–H and O–H groups in total. The van der Waals surface area contributed by atoms with Crippen LogP contribution in [0.3, 0.4) is 0 Å². The monoisotopic (exact) mass is 559 g/mol. The molecule has 4 heterocycles. The Morgan fingerprint density at radius 2 is 1.76 bits per heavy atom. The first kappa shape index (κ1) is 23.9. The number of aromatic amines is 1. The number of likely N-dealkylation sites (tertiary alicyclic amines) is 1. The van der Waals surface area contributed by atoms with Crippen molar-refractivity contribution in [2.24, 2.45) is 29.6 Å². The number of hydrogen-bond acceptors (Lipinski definition) is 7. The summed E-state index contributed by atoms with van der Waals surface area (Å²) in [5.74, 6) is -1.28. The number of aromatic nitrogens is 1. The van der Waals surface area contributed by atoms with E-state index in [1.165, 1.54) is 16.2 Å². The standard InChI is InChI=1S/C26H26ClN3O5S2/c1-11(23(31)29-6-8-35-9-7-29)30-24(32)18-14-10-15(19(18)25(30)33)20-17(14)16(12-2-4-13(27)5-3-12)21-22(36-20)28-26(34)37-21/h2-5,11,14-20H,6-10H2,1H3,(H,28,34). The van der Waals surface area contributed by atoms with Crippen LogP contribution in [0.4, 0.5) is 0 Å². The van der Waals surface area contributed by atoms with E-state index in [2.05, 4.69) is 4.98 Å². The number of nitrogens with zero attached hydrogens (tertiary/aromatic N) is 2. The minimum Gasteiger partial charge on any atom is -0.378 e. The van der Waals surface area contributed by atoms with Gasteiger partial charge in [-0.2, -0.15) is 0 Å². The second-order valence-electron chi connectivity index (χ2n) is 10.7. The summed E-state index contributed by atoms with van der Waals surface area (Å²) in [5.41, 5.74) is 1.07. The van der Waals surface area contributed by atoms with Crippen LogP contribution < -0.4 is 4.87 Å². The zero-order valence-electron chi connectivity index (χ0n) is 20.1. The van der Waals surface area contributed by atoms with Gasteiger partial charge in [0.05, 0.1) is 30.1 Å². The van der Waals surface area contributed by atoms with Crippen LogP contribution in [0.2, 0.25) is 5.02 Å². The molecule has 37 heavy (non-hydrogen) atoms. The number of thiazole rings is 1. The first-order valence-electron chi connectivity index (χ1n) is 12.7. The molecule has 8 atom stereocenters. The zero-order chi connectivity index (χ0) is 25.6. The Kier molecular flexibility index (Phi) is 5.62. The molecule has 3 aliphatic heterocycles. The molecule has 1 aromatic carbocycles. The van der Waals surface area contributed by atoms with Gasteiger partial charge in [0.2, 0.25) is 17.7 Å². The summed E-state index contributed by atoms with van der Waals surface area (Å²) >= 11 is 9.08. The number of morpholine rings is 1. The second kappa shape index (κ2) is 8.69. The molecular formula is C26H26ClN3O5S2. The van der Waals surface area contributed by atoms with Crippen LogP contribution in [0.15, 0.2) is 34.1 Å². The molecule has 2 aromatic rings. The van der Waals surface area contributed by atoms with Crippen molar-refractivity contribution < 1.29 is 19.1 Å². The number of carbonyl (C=O) groups is 3. The van der Waals surface area contributed by atoms with Gasteiger partial charge >= 0.3 is 4.87 Å². The first-order chi connectivity index (χ1) is 17.8. The van der Waals surface area contributed by atoms with Gasteiger partial charge in [-0.1, -0.05) is 35.1 Å². The van der Waals surface area contributed by atoms with E-state index in [0.717, 1.165) is 21.9 Å². The SMILES string of the molecule is CC(C(=O)N1CCOCC1)N1C(=O)C2C3CC(C2C1=O)C1C(c2ccc(Cl)cc2)c2sc(=O)[nH]c2SC31. The van der Waals surface area contributed by atoms with E-state index in [1.807, 2.05) is 24.3 Å². The van der Waals surface area contributed by atoms with Gasteiger partial charge in [-0.05, 0) is 48.8 Å². The number of thioether (sulfide) groups is 1. The molecule has 8 nitrogen and oxygen atoms in total. The summed E-state index contributed by atoms with van der Waals surface area (Å²) in [6.45, 7) is 3.56. The first-order valence-corrected chi connectivity index (χ1v) is 14.8.